The number of carboxylic acid groups (broad SMARTS) is 1. The zero-order valence-electron chi connectivity index (χ0n) is 18.1. The molecule has 0 spiro atoms. The van der Waals surface area contributed by atoms with Crippen LogP contribution in [0.5, 0.6) is 0 Å². The molecule has 0 aliphatic carbocycles. The Morgan fingerprint density at radius 1 is 1.00 bits per heavy atom. The number of para-hydroxylation sites is 1. The monoisotopic (exact) mass is 454 g/mol. The average molecular weight is 454 g/mol. The van der Waals surface area contributed by atoms with Crippen LogP contribution in [0.1, 0.15) is 41.5 Å². The zero-order valence-corrected chi connectivity index (χ0v) is 18.1. The van der Waals surface area contributed by atoms with Gasteiger partial charge >= 0.3 is 12.1 Å². The zero-order chi connectivity index (χ0) is 23.6. The van der Waals surface area contributed by atoms with Crippen LogP contribution in [0, 0.1) is 0 Å². The van der Waals surface area contributed by atoms with Gasteiger partial charge in [0.2, 0.25) is 0 Å². The molecule has 2 N–H and O–H groups in total. The van der Waals surface area contributed by atoms with Crippen molar-refractivity contribution < 1.29 is 23.1 Å². The van der Waals surface area contributed by atoms with Gasteiger partial charge in [-0.2, -0.15) is 13.2 Å². The van der Waals surface area contributed by atoms with Crippen LogP contribution in [-0.4, -0.2) is 16.7 Å². The number of carbonyl (C=O) groups is 1. The lowest BCUT2D eigenvalue weighted by Crippen LogP contribution is -2.57. The molecule has 3 aromatic carbocycles. The molecule has 2 unspecified atom stereocenters. The molecule has 1 aliphatic rings. The highest BCUT2D eigenvalue weighted by atomic mass is 19.4. The number of alkyl halides is 3. The average Bonchev–Trinajstić information content (AvgIpc) is 3.01. The second-order valence-corrected chi connectivity index (χ2v) is 8.48. The van der Waals surface area contributed by atoms with Crippen molar-refractivity contribution in [3.8, 4) is 0 Å². The van der Waals surface area contributed by atoms with Crippen LogP contribution < -0.4 is 10.2 Å². The third kappa shape index (κ3) is 4.73. The number of anilines is 1. The maximum absolute atomic E-state index is 13.2. The summed E-state index contributed by atoms with van der Waals surface area (Å²) in [6.07, 6.45) is -4.52. The normalized spacial score (nSPS) is 20.0. The molecule has 4 nitrogen and oxygen atoms in total. The molecule has 1 heterocycles. The minimum atomic E-state index is -4.42. The van der Waals surface area contributed by atoms with Gasteiger partial charge in [-0.1, -0.05) is 66.7 Å². The Bertz CT molecular complexity index is 1130. The van der Waals surface area contributed by atoms with Crippen LogP contribution in [0.25, 0.3) is 0 Å². The van der Waals surface area contributed by atoms with Crippen LogP contribution in [0.15, 0.2) is 78.9 Å². The van der Waals surface area contributed by atoms with Gasteiger partial charge in [0.15, 0.2) is 0 Å². The summed E-state index contributed by atoms with van der Waals surface area (Å²) in [7, 11) is 0. The van der Waals surface area contributed by atoms with Crippen molar-refractivity contribution in [3.63, 3.8) is 0 Å². The van der Waals surface area contributed by atoms with Crippen molar-refractivity contribution in [1.29, 1.82) is 0 Å². The van der Waals surface area contributed by atoms with Crippen molar-refractivity contribution in [2.75, 3.05) is 4.90 Å². The molecule has 3 aromatic rings. The van der Waals surface area contributed by atoms with Gasteiger partial charge in [0.1, 0.15) is 0 Å². The molecule has 1 aliphatic heterocycles. The first-order valence-corrected chi connectivity index (χ1v) is 10.7. The maximum atomic E-state index is 13.2. The molecule has 7 heteroatoms. The van der Waals surface area contributed by atoms with Crippen molar-refractivity contribution in [3.05, 3.63) is 101 Å². The van der Waals surface area contributed by atoms with Gasteiger partial charge < -0.3 is 10.0 Å². The van der Waals surface area contributed by atoms with E-state index >= 15 is 0 Å². The van der Waals surface area contributed by atoms with Gasteiger partial charge in [-0.3, -0.25) is 10.1 Å². The van der Waals surface area contributed by atoms with E-state index in [9.17, 15) is 23.1 Å². The van der Waals surface area contributed by atoms with E-state index in [1.807, 2.05) is 61.5 Å². The Morgan fingerprint density at radius 2 is 1.67 bits per heavy atom. The Hall–Kier alpha value is -3.32. The standard InChI is InChI=1S/C26H25F3N2O2/c1-25(30-16-19-10-7-11-20(14-19)26(27,28)29)22(15-24(32)33)21-12-5-6-13-23(21)31(25)17-18-8-3-2-4-9-18/h2-14,22,30H,15-17H2,1H3,(H,32,33). The summed E-state index contributed by atoms with van der Waals surface area (Å²) in [5.74, 6) is -1.32. The molecule has 0 bridgehead atoms. The number of hydrogen-bond acceptors (Lipinski definition) is 3. The van der Waals surface area contributed by atoms with E-state index in [1.54, 1.807) is 6.07 Å². The van der Waals surface area contributed by atoms with E-state index < -0.39 is 23.4 Å². The van der Waals surface area contributed by atoms with Gasteiger partial charge in [0.05, 0.1) is 17.6 Å². The molecule has 0 fully saturated rings. The fraction of sp³-hybridized carbons (Fsp3) is 0.269. The third-order valence-corrected chi connectivity index (χ3v) is 6.31. The lowest BCUT2D eigenvalue weighted by molar-refractivity contribution is -0.138. The van der Waals surface area contributed by atoms with Gasteiger partial charge in [-0.05, 0) is 35.7 Å². The molecule has 4 rings (SSSR count). The van der Waals surface area contributed by atoms with Crippen molar-refractivity contribution >= 4 is 11.7 Å². The van der Waals surface area contributed by atoms with Crippen molar-refractivity contribution in [2.45, 2.75) is 44.2 Å². The van der Waals surface area contributed by atoms with Crippen LogP contribution in [-0.2, 0) is 24.1 Å². The minimum absolute atomic E-state index is 0.103. The van der Waals surface area contributed by atoms with Crippen LogP contribution >= 0.6 is 0 Å². The van der Waals surface area contributed by atoms with Crippen LogP contribution in [0.2, 0.25) is 0 Å². The first kappa shape index (κ1) is 22.9. The maximum Gasteiger partial charge on any atom is 0.416 e. The number of nitrogens with zero attached hydrogens (tertiary/aromatic N) is 1. The molecule has 172 valence electrons. The number of carboxylic acids is 1. The van der Waals surface area contributed by atoms with Crippen LogP contribution in [0.4, 0.5) is 18.9 Å². The molecule has 2 atom stereocenters. The number of fused-ring (bicyclic) bond motifs is 1. The number of nitrogens with one attached hydrogen (secondary N) is 1. The predicted molar refractivity (Wildman–Crippen MR) is 121 cm³/mol. The smallest absolute Gasteiger partial charge is 0.416 e. The summed E-state index contributed by atoms with van der Waals surface area (Å²) in [6.45, 7) is 2.62. The topological polar surface area (TPSA) is 52.6 Å². The number of rotatable bonds is 7. The molecule has 0 amide bonds. The Balaban J connectivity index is 1.70. The first-order chi connectivity index (χ1) is 15.7. The van der Waals surface area contributed by atoms with Gasteiger partial charge in [0, 0.05) is 24.7 Å². The van der Waals surface area contributed by atoms with Gasteiger partial charge in [-0.15, -0.1) is 0 Å². The molecule has 0 aromatic heterocycles. The number of halogens is 3. The summed E-state index contributed by atoms with van der Waals surface area (Å²) in [4.78, 5) is 13.9. The Morgan fingerprint density at radius 3 is 2.36 bits per heavy atom. The van der Waals surface area contributed by atoms with E-state index in [0.717, 1.165) is 28.9 Å². The number of benzene rings is 3. The quantitative estimate of drug-likeness (QED) is 0.475. The van der Waals surface area contributed by atoms with Gasteiger partial charge in [-0.25, -0.2) is 0 Å². The van der Waals surface area contributed by atoms with Crippen molar-refractivity contribution in [1.82, 2.24) is 5.32 Å². The lowest BCUT2D eigenvalue weighted by atomic mass is 9.87. The molecular formula is C26H25F3N2O2. The van der Waals surface area contributed by atoms with Gasteiger partial charge in [0.25, 0.3) is 0 Å². The molecule has 0 radical (unpaired) electrons. The summed E-state index contributed by atoms with van der Waals surface area (Å²) in [5.41, 5.74) is 1.84. The second-order valence-electron chi connectivity index (χ2n) is 8.48. The van der Waals surface area contributed by atoms with E-state index in [0.29, 0.717) is 12.1 Å². The van der Waals surface area contributed by atoms with Crippen LogP contribution in [0.3, 0.4) is 0 Å². The summed E-state index contributed by atoms with van der Waals surface area (Å²) < 4.78 is 39.5. The van der Waals surface area contributed by atoms with E-state index in [2.05, 4.69) is 10.2 Å². The van der Waals surface area contributed by atoms with E-state index in [-0.39, 0.29) is 18.9 Å². The second kappa shape index (κ2) is 8.90. The molecule has 0 saturated carbocycles. The van der Waals surface area contributed by atoms with E-state index in [4.69, 9.17) is 0 Å². The first-order valence-electron chi connectivity index (χ1n) is 10.7. The summed E-state index contributed by atoms with van der Waals surface area (Å²) in [5, 5.41) is 13.1. The minimum Gasteiger partial charge on any atom is -0.481 e. The SMILES string of the molecule is CC1(NCc2cccc(C(F)(F)F)c2)C(CC(=O)O)c2ccccc2N1Cc1ccccc1. The highest BCUT2D eigenvalue weighted by Crippen LogP contribution is 2.48. The van der Waals surface area contributed by atoms with Crippen molar-refractivity contribution in [2.24, 2.45) is 0 Å². The molecule has 0 saturated heterocycles. The summed E-state index contributed by atoms with van der Waals surface area (Å²) >= 11 is 0. The lowest BCUT2D eigenvalue weighted by Gasteiger charge is -2.42. The Kier molecular flexibility index (Phi) is 6.17. The largest absolute Gasteiger partial charge is 0.481 e. The third-order valence-electron chi connectivity index (χ3n) is 6.31. The Labute approximate surface area is 190 Å². The fourth-order valence-electron chi connectivity index (χ4n) is 4.63. The predicted octanol–water partition coefficient (Wildman–Crippen LogP) is 5.79. The van der Waals surface area contributed by atoms with E-state index in [1.165, 1.54) is 6.07 Å². The summed E-state index contributed by atoms with van der Waals surface area (Å²) in [6, 6.07) is 22.7. The number of aliphatic carboxylic acids is 1. The molecular weight excluding hydrogens is 429 g/mol. The fourth-order valence-corrected chi connectivity index (χ4v) is 4.63. The highest BCUT2D eigenvalue weighted by Gasteiger charge is 2.48. The highest BCUT2D eigenvalue weighted by molar-refractivity contribution is 5.73. The number of hydrogen-bond donors (Lipinski definition) is 2. The molecule has 33 heavy (non-hydrogen) atoms.